The van der Waals surface area contributed by atoms with E-state index < -0.39 is 0 Å². The summed E-state index contributed by atoms with van der Waals surface area (Å²) in [6.07, 6.45) is 0. The number of hydrogen-bond acceptors (Lipinski definition) is 4. The van der Waals surface area contributed by atoms with Gasteiger partial charge in [-0.05, 0) is 29.6 Å². The molecule has 1 aliphatic heterocycles. The van der Waals surface area contributed by atoms with Crippen molar-refractivity contribution in [2.75, 3.05) is 6.54 Å². The van der Waals surface area contributed by atoms with E-state index in [1.54, 1.807) is 11.3 Å². The van der Waals surface area contributed by atoms with Gasteiger partial charge >= 0.3 is 0 Å². The van der Waals surface area contributed by atoms with Crippen molar-refractivity contribution in [2.45, 2.75) is 20.0 Å². The van der Waals surface area contributed by atoms with Crippen LogP contribution in [0.3, 0.4) is 0 Å². The van der Waals surface area contributed by atoms with Crippen LogP contribution in [-0.4, -0.2) is 6.54 Å². The summed E-state index contributed by atoms with van der Waals surface area (Å²) in [6, 6.07) is 8.45. The first-order valence-electron chi connectivity index (χ1n) is 6.50. The highest BCUT2D eigenvalue weighted by Gasteiger charge is 2.11. The Kier molecular flexibility index (Phi) is 3.36. The number of nitrogens with zero attached hydrogens (tertiary/aromatic N) is 1. The summed E-state index contributed by atoms with van der Waals surface area (Å²) in [5.74, 6) is 0. The van der Waals surface area contributed by atoms with Crippen LogP contribution in [0.25, 0.3) is 5.70 Å². The Bertz CT molecular complexity index is 715. The summed E-state index contributed by atoms with van der Waals surface area (Å²) >= 11 is 1.72. The molecule has 0 amide bonds. The molecule has 98 valence electrons. The number of fused-ring (bicyclic) bond motifs is 2. The van der Waals surface area contributed by atoms with Crippen LogP contribution < -0.4 is 21.6 Å². The molecule has 0 aliphatic carbocycles. The zero-order valence-electron chi connectivity index (χ0n) is 10.9. The van der Waals surface area contributed by atoms with Gasteiger partial charge in [-0.1, -0.05) is 19.1 Å². The summed E-state index contributed by atoms with van der Waals surface area (Å²) < 4.78 is 0. The van der Waals surface area contributed by atoms with Gasteiger partial charge in [0, 0.05) is 27.9 Å². The summed E-state index contributed by atoms with van der Waals surface area (Å²) in [7, 11) is 0. The van der Waals surface area contributed by atoms with Gasteiger partial charge in [-0.25, -0.2) is 0 Å². The fraction of sp³-hybridized carbons (Fsp3) is 0.267. The van der Waals surface area contributed by atoms with Crippen molar-refractivity contribution in [1.29, 1.82) is 0 Å². The van der Waals surface area contributed by atoms with Gasteiger partial charge in [0.05, 0.1) is 11.9 Å². The highest BCUT2D eigenvalue weighted by molar-refractivity contribution is 7.10. The first-order valence-corrected chi connectivity index (χ1v) is 7.38. The van der Waals surface area contributed by atoms with Gasteiger partial charge in [-0.2, -0.15) is 0 Å². The molecular weight excluding hydrogens is 254 g/mol. The Balaban J connectivity index is 2.13. The number of nitrogens with one attached hydrogen (secondary N) is 1. The predicted molar refractivity (Wildman–Crippen MR) is 79.3 cm³/mol. The highest BCUT2D eigenvalue weighted by Crippen LogP contribution is 2.21. The minimum atomic E-state index is 0.728. The van der Waals surface area contributed by atoms with Gasteiger partial charge in [-0.3, -0.25) is 4.99 Å². The van der Waals surface area contributed by atoms with Gasteiger partial charge in [0.15, 0.2) is 0 Å². The third-order valence-corrected chi connectivity index (χ3v) is 4.27. The number of rotatable bonds is 3. The van der Waals surface area contributed by atoms with Crippen molar-refractivity contribution in [3.63, 3.8) is 0 Å². The van der Waals surface area contributed by atoms with Gasteiger partial charge in [-0.15, -0.1) is 11.3 Å². The Morgan fingerprint density at radius 3 is 3.11 bits per heavy atom. The maximum absolute atomic E-state index is 6.30. The van der Waals surface area contributed by atoms with Crippen molar-refractivity contribution in [1.82, 2.24) is 5.32 Å². The molecule has 0 spiro atoms. The van der Waals surface area contributed by atoms with E-state index in [-0.39, 0.29) is 0 Å². The molecule has 1 aromatic carbocycles. The summed E-state index contributed by atoms with van der Waals surface area (Å²) in [5, 5.41) is 7.48. The van der Waals surface area contributed by atoms with Gasteiger partial charge in [0.2, 0.25) is 0 Å². The van der Waals surface area contributed by atoms with E-state index in [2.05, 4.69) is 41.9 Å². The fourth-order valence-electron chi connectivity index (χ4n) is 2.32. The minimum Gasteiger partial charge on any atom is -0.398 e. The van der Waals surface area contributed by atoms with Gasteiger partial charge < -0.3 is 11.1 Å². The maximum atomic E-state index is 6.30. The van der Waals surface area contributed by atoms with E-state index in [9.17, 15) is 0 Å². The zero-order valence-corrected chi connectivity index (χ0v) is 11.8. The summed E-state index contributed by atoms with van der Waals surface area (Å²) in [5.41, 5.74) is 9.55. The molecule has 1 aliphatic rings. The van der Waals surface area contributed by atoms with E-state index in [4.69, 9.17) is 10.7 Å². The van der Waals surface area contributed by atoms with Crippen molar-refractivity contribution in [3.05, 3.63) is 56.2 Å². The second-order valence-corrected chi connectivity index (χ2v) is 5.62. The average molecular weight is 271 g/mol. The predicted octanol–water partition coefficient (Wildman–Crippen LogP) is 1.11. The number of thiophene rings is 1. The zero-order chi connectivity index (χ0) is 13.2. The SMILES string of the molecule is CCNCc1ccc2c(c1)=NCc1sccc1C=2N. The Labute approximate surface area is 116 Å². The molecule has 3 nitrogen and oxygen atoms in total. The topological polar surface area (TPSA) is 50.4 Å². The van der Waals surface area contributed by atoms with Gasteiger partial charge in [0.1, 0.15) is 0 Å². The molecule has 4 heteroatoms. The minimum absolute atomic E-state index is 0.728. The third kappa shape index (κ3) is 2.29. The second-order valence-electron chi connectivity index (χ2n) is 4.62. The molecule has 0 atom stereocenters. The molecule has 0 saturated carbocycles. The van der Waals surface area contributed by atoms with Crippen molar-refractivity contribution in [2.24, 2.45) is 10.7 Å². The van der Waals surface area contributed by atoms with Crippen LogP contribution in [0.1, 0.15) is 22.9 Å². The molecule has 0 radical (unpaired) electrons. The molecule has 19 heavy (non-hydrogen) atoms. The van der Waals surface area contributed by atoms with E-state index in [0.717, 1.165) is 41.5 Å². The lowest BCUT2D eigenvalue weighted by Gasteiger charge is -2.03. The summed E-state index contributed by atoms with van der Waals surface area (Å²) in [6.45, 7) is 4.68. The normalized spacial score (nSPS) is 13.4. The lowest BCUT2D eigenvalue weighted by molar-refractivity contribution is 0.725. The summed E-state index contributed by atoms with van der Waals surface area (Å²) in [4.78, 5) is 5.95. The van der Waals surface area contributed by atoms with E-state index >= 15 is 0 Å². The van der Waals surface area contributed by atoms with E-state index in [1.807, 2.05) is 0 Å². The first-order chi connectivity index (χ1) is 9.29. The molecular formula is C15H17N3S. The Hall–Kier alpha value is -1.65. The van der Waals surface area contributed by atoms with Crippen LogP contribution >= 0.6 is 11.3 Å². The van der Waals surface area contributed by atoms with E-state index in [1.165, 1.54) is 10.4 Å². The van der Waals surface area contributed by atoms with Crippen LogP contribution in [0, 0.1) is 0 Å². The molecule has 3 N–H and O–H groups in total. The Morgan fingerprint density at radius 1 is 1.37 bits per heavy atom. The quantitative estimate of drug-likeness (QED) is 0.878. The lowest BCUT2D eigenvalue weighted by atomic mass is 10.1. The van der Waals surface area contributed by atoms with Crippen molar-refractivity contribution >= 4 is 17.0 Å². The molecule has 3 rings (SSSR count). The average Bonchev–Trinajstić information content (AvgIpc) is 2.86. The molecule has 0 fully saturated rings. The van der Waals surface area contributed by atoms with Crippen LogP contribution in [0.4, 0.5) is 0 Å². The monoisotopic (exact) mass is 271 g/mol. The molecule has 1 aromatic heterocycles. The van der Waals surface area contributed by atoms with Crippen LogP contribution in [0.15, 0.2) is 34.6 Å². The van der Waals surface area contributed by atoms with Crippen LogP contribution in [0.5, 0.6) is 0 Å². The smallest absolute Gasteiger partial charge is 0.0746 e. The molecule has 0 bridgehead atoms. The second kappa shape index (κ2) is 5.15. The highest BCUT2D eigenvalue weighted by atomic mass is 32.1. The Morgan fingerprint density at radius 2 is 2.26 bits per heavy atom. The van der Waals surface area contributed by atoms with Crippen molar-refractivity contribution < 1.29 is 0 Å². The largest absolute Gasteiger partial charge is 0.398 e. The molecule has 2 aromatic rings. The van der Waals surface area contributed by atoms with Crippen molar-refractivity contribution in [3.8, 4) is 0 Å². The van der Waals surface area contributed by atoms with Crippen LogP contribution in [-0.2, 0) is 13.1 Å². The maximum Gasteiger partial charge on any atom is 0.0746 e. The first kappa shape index (κ1) is 12.4. The van der Waals surface area contributed by atoms with Gasteiger partial charge in [0.25, 0.3) is 0 Å². The number of nitrogens with two attached hydrogens (primary N) is 1. The van der Waals surface area contributed by atoms with E-state index in [0.29, 0.717) is 0 Å². The molecule has 0 unspecified atom stereocenters. The van der Waals surface area contributed by atoms with Crippen LogP contribution in [0.2, 0.25) is 0 Å². The molecule has 2 heterocycles. The standard InChI is InChI=1S/C15H17N3S/c1-2-17-8-10-3-4-11-13(7-10)18-9-14-12(15(11)16)5-6-19-14/h3-7,17H,2,8-9,16H2,1H3. The number of hydrogen-bond donors (Lipinski definition) is 2. The number of benzene rings is 1. The lowest BCUT2D eigenvalue weighted by Crippen LogP contribution is -2.30. The molecule has 0 saturated heterocycles. The third-order valence-electron chi connectivity index (χ3n) is 3.36. The fourth-order valence-corrected chi connectivity index (χ4v) is 3.13.